The van der Waals surface area contributed by atoms with Crippen LogP contribution < -0.4 is 5.32 Å². The normalized spacial score (nSPS) is 21.6. The molecule has 0 spiro atoms. The van der Waals surface area contributed by atoms with E-state index < -0.39 is 11.6 Å². The number of halogens is 2. The van der Waals surface area contributed by atoms with E-state index in [4.69, 9.17) is 0 Å². The number of anilines is 1. The monoisotopic (exact) mass is 365 g/mol. The van der Waals surface area contributed by atoms with Crippen LogP contribution in [-0.2, 0) is 4.79 Å². The molecule has 1 aromatic carbocycles. The van der Waals surface area contributed by atoms with E-state index in [-0.39, 0.29) is 23.5 Å². The third kappa shape index (κ3) is 4.31. The number of benzene rings is 1. The van der Waals surface area contributed by atoms with Crippen molar-refractivity contribution in [2.45, 2.75) is 32.6 Å². The van der Waals surface area contributed by atoms with Crippen LogP contribution in [0.2, 0.25) is 0 Å². The number of nitrogens with zero attached hydrogens (tertiary/aromatic N) is 2. The van der Waals surface area contributed by atoms with Gasteiger partial charge >= 0.3 is 6.03 Å². The number of piperidine rings is 2. The highest BCUT2D eigenvalue weighted by Crippen LogP contribution is 2.24. The molecule has 0 aromatic heterocycles. The first-order valence-corrected chi connectivity index (χ1v) is 9.24. The Morgan fingerprint density at radius 3 is 2.42 bits per heavy atom. The summed E-state index contributed by atoms with van der Waals surface area (Å²) in [7, 11) is 0. The van der Waals surface area contributed by atoms with Crippen molar-refractivity contribution in [2.24, 2.45) is 11.8 Å². The number of likely N-dealkylation sites (tertiary alicyclic amines) is 2. The highest BCUT2D eigenvalue weighted by atomic mass is 19.2. The average Bonchev–Trinajstić information content (AvgIpc) is 2.64. The van der Waals surface area contributed by atoms with Crippen LogP contribution >= 0.6 is 0 Å². The summed E-state index contributed by atoms with van der Waals surface area (Å²) in [6.07, 6.45) is 3.50. The Kier molecular flexibility index (Phi) is 5.74. The van der Waals surface area contributed by atoms with Crippen molar-refractivity contribution in [3.05, 3.63) is 29.8 Å². The van der Waals surface area contributed by atoms with Gasteiger partial charge in [0.1, 0.15) is 0 Å². The summed E-state index contributed by atoms with van der Waals surface area (Å²) in [6.45, 7) is 4.80. The largest absolute Gasteiger partial charge is 0.342 e. The molecule has 2 aliphatic rings. The lowest BCUT2D eigenvalue weighted by Gasteiger charge is -2.37. The second kappa shape index (κ2) is 8.01. The fourth-order valence-electron chi connectivity index (χ4n) is 3.75. The smallest absolute Gasteiger partial charge is 0.321 e. The molecule has 0 radical (unpaired) electrons. The van der Waals surface area contributed by atoms with Gasteiger partial charge in [-0.2, -0.15) is 0 Å². The fraction of sp³-hybridized carbons (Fsp3) is 0.579. The molecule has 1 unspecified atom stereocenters. The van der Waals surface area contributed by atoms with E-state index in [9.17, 15) is 18.4 Å². The van der Waals surface area contributed by atoms with Gasteiger partial charge in [0.25, 0.3) is 0 Å². The molecule has 5 nitrogen and oxygen atoms in total. The van der Waals surface area contributed by atoms with Crippen LogP contribution in [0.15, 0.2) is 18.2 Å². The van der Waals surface area contributed by atoms with Crippen molar-refractivity contribution < 1.29 is 18.4 Å². The molecule has 3 amide bonds. The number of hydrogen-bond donors (Lipinski definition) is 1. The molecule has 26 heavy (non-hydrogen) atoms. The van der Waals surface area contributed by atoms with Crippen molar-refractivity contribution in [1.29, 1.82) is 0 Å². The molecule has 2 aliphatic heterocycles. The molecule has 2 fully saturated rings. The summed E-state index contributed by atoms with van der Waals surface area (Å²) in [5.41, 5.74) is 0.217. The van der Waals surface area contributed by atoms with Crippen LogP contribution in [-0.4, -0.2) is 47.9 Å². The predicted octanol–water partition coefficient (Wildman–Crippen LogP) is 3.47. The molecule has 7 heteroatoms. The molecule has 2 saturated heterocycles. The lowest BCUT2D eigenvalue weighted by atomic mass is 9.93. The molecule has 1 aromatic rings. The predicted molar refractivity (Wildman–Crippen MR) is 94.7 cm³/mol. The molecule has 0 aliphatic carbocycles. The molecular formula is C19H25F2N3O2. The highest BCUT2D eigenvalue weighted by molar-refractivity contribution is 5.89. The molecule has 0 bridgehead atoms. The molecule has 3 rings (SSSR count). The average molecular weight is 365 g/mol. The van der Waals surface area contributed by atoms with Crippen LogP contribution in [0.3, 0.4) is 0 Å². The number of carbonyl (C=O) groups is 2. The second-order valence-corrected chi connectivity index (χ2v) is 7.35. The minimum atomic E-state index is -0.997. The van der Waals surface area contributed by atoms with Crippen LogP contribution in [0.1, 0.15) is 32.6 Å². The van der Waals surface area contributed by atoms with Gasteiger partial charge in [-0.15, -0.1) is 0 Å². The Hall–Kier alpha value is -2.18. The van der Waals surface area contributed by atoms with Gasteiger partial charge in [-0.05, 0) is 43.7 Å². The van der Waals surface area contributed by atoms with Crippen LogP contribution in [0.4, 0.5) is 19.3 Å². The first kappa shape index (κ1) is 18.6. The standard InChI is InChI=1S/C19H25F2N3O2/c1-13-3-2-8-24(12-13)18(25)14-6-9-23(10-7-14)19(26)22-15-4-5-16(20)17(21)11-15/h4-5,11,13-14H,2-3,6-10,12H2,1H3,(H,22,26). The zero-order valence-electron chi connectivity index (χ0n) is 15.0. The fourth-order valence-corrected chi connectivity index (χ4v) is 3.75. The molecule has 142 valence electrons. The number of carbonyl (C=O) groups excluding carboxylic acids is 2. The van der Waals surface area contributed by atoms with Crippen molar-refractivity contribution in [1.82, 2.24) is 9.80 Å². The van der Waals surface area contributed by atoms with Crippen molar-refractivity contribution in [3.63, 3.8) is 0 Å². The van der Waals surface area contributed by atoms with E-state index in [1.807, 2.05) is 4.90 Å². The topological polar surface area (TPSA) is 52.7 Å². The number of urea groups is 1. The van der Waals surface area contributed by atoms with Gasteiger partial charge in [0, 0.05) is 43.9 Å². The minimum Gasteiger partial charge on any atom is -0.342 e. The lowest BCUT2D eigenvalue weighted by Crippen LogP contribution is -2.47. The van der Waals surface area contributed by atoms with Gasteiger partial charge < -0.3 is 15.1 Å². The van der Waals surface area contributed by atoms with Crippen LogP contribution in [0.25, 0.3) is 0 Å². The van der Waals surface area contributed by atoms with Gasteiger partial charge in [0.15, 0.2) is 11.6 Å². The first-order chi connectivity index (χ1) is 12.4. The Balaban J connectivity index is 1.50. The zero-order valence-corrected chi connectivity index (χ0v) is 15.0. The van der Waals surface area contributed by atoms with E-state index >= 15 is 0 Å². The number of rotatable bonds is 2. The van der Waals surface area contributed by atoms with E-state index in [0.29, 0.717) is 31.8 Å². The molecule has 0 saturated carbocycles. The van der Waals surface area contributed by atoms with E-state index in [2.05, 4.69) is 12.2 Å². The third-order valence-electron chi connectivity index (χ3n) is 5.27. The van der Waals surface area contributed by atoms with Crippen LogP contribution in [0, 0.1) is 23.5 Å². The summed E-state index contributed by atoms with van der Waals surface area (Å²) in [4.78, 5) is 28.5. The molecule has 1 N–H and O–H groups in total. The third-order valence-corrected chi connectivity index (χ3v) is 5.27. The Morgan fingerprint density at radius 2 is 1.77 bits per heavy atom. The van der Waals surface area contributed by atoms with E-state index in [1.165, 1.54) is 12.5 Å². The van der Waals surface area contributed by atoms with Gasteiger partial charge in [-0.25, -0.2) is 13.6 Å². The summed E-state index contributed by atoms with van der Waals surface area (Å²) in [6, 6.07) is 2.91. The first-order valence-electron chi connectivity index (χ1n) is 9.24. The highest BCUT2D eigenvalue weighted by Gasteiger charge is 2.31. The zero-order chi connectivity index (χ0) is 18.7. The number of hydrogen-bond acceptors (Lipinski definition) is 2. The summed E-state index contributed by atoms with van der Waals surface area (Å²) in [5, 5.41) is 2.58. The number of nitrogens with one attached hydrogen (secondary N) is 1. The quantitative estimate of drug-likeness (QED) is 0.873. The van der Waals surface area contributed by atoms with Crippen molar-refractivity contribution >= 4 is 17.6 Å². The summed E-state index contributed by atoms with van der Waals surface area (Å²) in [5.74, 6) is -1.23. The summed E-state index contributed by atoms with van der Waals surface area (Å²) >= 11 is 0. The van der Waals surface area contributed by atoms with Gasteiger partial charge in [-0.3, -0.25) is 4.79 Å². The maximum atomic E-state index is 13.2. The summed E-state index contributed by atoms with van der Waals surface area (Å²) < 4.78 is 26.2. The van der Waals surface area contributed by atoms with Crippen molar-refractivity contribution in [2.75, 3.05) is 31.5 Å². The SMILES string of the molecule is CC1CCCN(C(=O)C2CCN(C(=O)Nc3ccc(F)c(F)c3)CC2)C1. The van der Waals surface area contributed by atoms with Crippen LogP contribution in [0.5, 0.6) is 0 Å². The van der Waals surface area contributed by atoms with E-state index in [1.54, 1.807) is 4.90 Å². The second-order valence-electron chi connectivity index (χ2n) is 7.35. The molecule has 1 atom stereocenters. The van der Waals surface area contributed by atoms with E-state index in [0.717, 1.165) is 31.6 Å². The minimum absolute atomic E-state index is 0.0346. The Bertz CT molecular complexity index is 675. The van der Waals surface area contributed by atoms with Crippen molar-refractivity contribution in [3.8, 4) is 0 Å². The van der Waals surface area contributed by atoms with Gasteiger partial charge in [0.2, 0.25) is 5.91 Å². The number of amides is 3. The maximum Gasteiger partial charge on any atom is 0.321 e. The Labute approximate surface area is 152 Å². The van der Waals surface area contributed by atoms with Gasteiger partial charge in [0.05, 0.1) is 0 Å². The van der Waals surface area contributed by atoms with Gasteiger partial charge in [-0.1, -0.05) is 6.92 Å². The molecular weight excluding hydrogens is 340 g/mol. The molecule has 2 heterocycles. The lowest BCUT2D eigenvalue weighted by molar-refractivity contribution is -0.138. The Morgan fingerprint density at radius 1 is 1.04 bits per heavy atom. The maximum absolute atomic E-state index is 13.2.